The zero-order valence-electron chi connectivity index (χ0n) is 13.3. The van der Waals surface area contributed by atoms with Crippen molar-refractivity contribution in [1.82, 2.24) is 0 Å². The molecule has 110 valence electrons. The second kappa shape index (κ2) is 5.59. The van der Waals surface area contributed by atoms with Crippen molar-refractivity contribution in [3.8, 4) is 0 Å². The van der Waals surface area contributed by atoms with Crippen LogP contribution in [0.2, 0.25) is 0 Å². The van der Waals surface area contributed by atoms with E-state index in [9.17, 15) is 0 Å². The first-order valence-corrected chi connectivity index (χ1v) is 8.18. The molecule has 1 atom stereocenters. The van der Waals surface area contributed by atoms with Gasteiger partial charge in [0.1, 0.15) is 0 Å². The van der Waals surface area contributed by atoms with E-state index >= 15 is 0 Å². The first kappa shape index (κ1) is 14.1. The third-order valence-corrected chi connectivity index (χ3v) is 5.02. The summed E-state index contributed by atoms with van der Waals surface area (Å²) in [6.07, 6.45) is 4.65. The van der Waals surface area contributed by atoms with Crippen LogP contribution in [0.5, 0.6) is 0 Å². The van der Waals surface area contributed by atoms with Crippen molar-refractivity contribution in [2.75, 3.05) is 0 Å². The van der Waals surface area contributed by atoms with E-state index in [0.29, 0.717) is 6.71 Å². The summed E-state index contributed by atoms with van der Waals surface area (Å²) in [5.74, 6) is 0. The van der Waals surface area contributed by atoms with Crippen LogP contribution in [0.4, 0.5) is 0 Å². The van der Waals surface area contributed by atoms with Crippen LogP contribution in [-0.2, 0) is 5.31 Å². The Hall–Kier alpha value is -2.54. The predicted octanol–water partition coefficient (Wildman–Crippen LogP) is 3.82. The summed E-state index contributed by atoms with van der Waals surface area (Å²) in [5, 5.41) is -0.0285. The van der Waals surface area contributed by atoms with E-state index in [2.05, 4.69) is 104 Å². The van der Waals surface area contributed by atoms with Crippen LogP contribution in [0.1, 0.15) is 18.1 Å². The van der Waals surface area contributed by atoms with E-state index in [1.807, 2.05) is 0 Å². The summed E-state index contributed by atoms with van der Waals surface area (Å²) < 4.78 is 0. The highest BCUT2D eigenvalue weighted by atomic mass is 14.3. The monoisotopic (exact) mass is 294 g/mol. The Balaban J connectivity index is 1.92. The van der Waals surface area contributed by atoms with Crippen molar-refractivity contribution in [2.45, 2.75) is 12.2 Å². The van der Waals surface area contributed by atoms with Crippen LogP contribution >= 0.6 is 0 Å². The van der Waals surface area contributed by atoms with E-state index in [1.54, 1.807) is 0 Å². The predicted molar refractivity (Wildman–Crippen MR) is 101 cm³/mol. The smallest absolute Gasteiger partial charge is 0.0801 e. The van der Waals surface area contributed by atoms with Gasteiger partial charge in [-0.15, -0.1) is 0 Å². The lowest BCUT2D eigenvalue weighted by molar-refractivity contribution is 0.859. The largest absolute Gasteiger partial charge is 0.223 e. The molecule has 0 aliphatic heterocycles. The molecule has 0 heterocycles. The summed E-state index contributed by atoms with van der Waals surface area (Å²) in [5.41, 5.74) is 5.48. The highest BCUT2D eigenvalue weighted by Crippen LogP contribution is 2.37. The Labute approximate surface area is 138 Å². The van der Waals surface area contributed by atoms with Crippen molar-refractivity contribution in [3.63, 3.8) is 0 Å². The SMILES string of the molecule is CC1(B(c2ccccc2)c2ccccc2)C=Cc2ccccc21. The fraction of sp³-hybridized carbons (Fsp3) is 0.0909. The molecule has 0 amide bonds. The van der Waals surface area contributed by atoms with Gasteiger partial charge in [-0.3, -0.25) is 0 Å². The van der Waals surface area contributed by atoms with Gasteiger partial charge in [0, 0.05) is 0 Å². The van der Waals surface area contributed by atoms with Gasteiger partial charge >= 0.3 is 0 Å². The normalized spacial score (nSPS) is 18.7. The molecule has 3 aromatic carbocycles. The molecule has 1 aliphatic rings. The second-order valence-corrected chi connectivity index (χ2v) is 6.46. The zero-order chi connectivity index (χ0) is 15.7. The molecule has 0 spiro atoms. The number of hydrogen-bond acceptors (Lipinski definition) is 0. The third kappa shape index (κ3) is 2.33. The van der Waals surface area contributed by atoms with Crippen molar-refractivity contribution in [1.29, 1.82) is 0 Å². The molecule has 0 radical (unpaired) electrons. The maximum atomic E-state index is 2.38. The molecular formula is C22H19B. The molecule has 23 heavy (non-hydrogen) atoms. The highest BCUT2D eigenvalue weighted by molar-refractivity contribution is 6.88. The Kier molecular flexibility index (Phi) is 3.42. The average Bonchev–Trinajstić information content (AvgIpc) is 2.95. The van der Waals surface area contributed by atoms with Crippen LogP contribution in [0, 0.1) is 0 Å². The van der Waals surface area contributed by atoms with Gasteiger partial charge in [0.2, 0.25) is 6.71 Å². The molecule has 0 saturated carbocycles. The molecule has 0 aromatic heterocycles. The van der Waals surface area contributed by atoms with Crippen molar-refractivity contribution >= 4 is 23.7 Å². The lowest BCUT2D eigenvalue weighted by Gasteiger charge is -2.32. The van der Waals surface area contributed by atoms with Gasteiger partial charge in [-0.25, -0.2) is 0 Å². The van der Waals surface area contributed by atoms with E-state index < -0.39 is 0 Å². The van der Waals surface area contributed by atoms with E-state index in [0.717, 1.165) is 0 Å². The Morgan fingerprint density at radius 1 is 0.652 bits per heavy atom. The molecule has 0 N–H and O–H groups in total. The van der Waals surface area contributed by atoms with Crippen molar-refractivity contribution in [3.05, 3.63) is 102 Å². The maximum Gasteiger partial charge on any atom is 0.223 e. The molecule has 0 bridgehead atoms. The molecule has 0 nitrogen and oxygen atoms in total. The lowest BCUT2D eigenvalue weighted by Crippen LogP contribution is -2.55. The molecule has 0 saturated heterocycles. The summed E-state index contributed by atoms with van der Waals surface area (Å²) in [6, 6.07) is 30.5. The lowest BCUT2D eigenvalue weighted by atomic mass is 9.26. The molecule has 1 heteroatoms. The highest BCUT2D eigenvalue weighted by Gasteiger charge is 2.42. The summed E-state index contributed by atoms with van der Waals surface area (Å²) in [4.78, 5) is 0. The van der Waals surface area contributed by atoms with Crippen molar-refractivity contribution in [2.24, 2.45) is 0 Å². The van der Waals surface area contributed by atoms with Gasteiger partial charge < -0.3 is 0 Å². The fourth-order valence-corrected chi connectivity index (χ4v) is 3.91. The van der Waals surface area contributed by atoms with Gasteiger partial charge in [0.05, 0.1) is 0 Å². The molecule has 1 aliphatic carbocycles. The number of allylic oxidation sites excluding steroid dienone is 1. The summed E-state index contributed by atoms with van der Waals surface area (Å²) >= 11 is 0. The number of hydrogen-bond donors (Lipinski definition) is 0. The molecule has 0 fully saturated rings. The van der Waals surface area contributed by atoms with E-state index in [1.165, 1.54) is 22.1 Å². The van der Waals surface area contributed by atoms with E-state index in [4.69, 9.17) is 0 Å². The Morgan fingerprint density at radius 2 is 1.17 bits per heavy atom. The fourth-order valence-electron chi connectivity index (χ4n) is 3.91. The van der Waals surface area contributed by atoms with Crippen LogP contribution in [0.25, 0.3) is 6.08 Å². The van der Waals surface area contributed by atoms with Crippen LogP contribution in [-0.4, -0.2) is 6.71 Å². The van der Waals surface area contributed by atoms with Gasteiger partial charge in [0.15, 0.2) is 0 Å². The van der Waals surface area contributed by atoms with Gasteiger partial charge in [-0.1, -0.05) is 115 Å². The molecule has 1 unspecified atom stereocenters. The zero-order valence-corrected chi connectivity index (χ0v) is 13.3. The first-order chi connectivity index (χ1) is 11.3. The minimum absolute atomic E-state index is 0.0285. The minimum Gasteiger partial charge on any atom is -0.0801 e. The van der Waals surface area contributed by atoms with Crippen LogP contribution in [0.3, 0.4) is 0 Å². The third-order valence-electron chi connectivity index (χ3n) is 5.02. The van der Waals surface area contributed by atoms with Gasteiger partial charge in [0.25, 0.3) is 0 Å². The number of fused-ring (bicyclic) bond motifs is 1. The quantitative estimate of drug-likeness (QED) is 0.644. The minimum atomic E-state index is -0.0285. The Morgan fingerprint density at radius 3 is 1.78 bits per heavy atom. The summed E-state index contributed by atoms with van der Waals surface area (Å²) in [7, 11) is 0. The first-order valence-electron chi connectivity index (χ1n) is 8.18. The number of rotatable bonds is 3. The molecular weight excluding hydrogens is 275 g/mol. The van der Waals surface area contributed by atoms with Gasteiger partial charge in [-0.2, -0.15) is 0 Å². The van der Waals surface area contributed by atoms with Crippen LogP contribution < -0.4 is 10.9 Å². The number of benzene rings is 3. The Bertz CT molecular complexity index is 797. The molecule has 4 rings (SSSR count). The van der Waals surface area contributed by atoms with Crippen LogP contribution in [0.15, 0.2) is 91.0 Å². The topological polar surface area (TPSA) is 0 Å². The summed E-state index contributed by atoms with van der Waals surface area (Å²) in [6.45, 7) is 2.67. The maximum absolute atomic E-state index is 2.38. The standard InChI is InChI=1S/C22H19B/c1-22(17-16-18-10-8-9-15-21(18)22)23(19-11-4-2-5-12-19)20-13-6-3-7-14-20/h2-17H,1H3. The van der Waals surface area contributed by atoms with Crippen molar-refractivity contribution < 1.29 is 0 Å². The van der Waals surface area contributed by atoms with Gasteiger partial charge in [-0.05, 0) is 16.4 Å². The average molecular weight is 294 g/mol. The van der Waals surface area contributed by atoms with E-state index in [-0.39, 0.29) is 5.31 Å². The second-order valence-electron chi connectivity index (χ2n) is 6.46. The molecule has 3 aromatic rings.